The third kappa shape index (κ3) is 4.49. The fourth-order valence-electron chi connectivity index (χ4n) is 4.68. The van der Waals surface area contributed by atoms with Crippen molar-refractivity contribution in [1.82, 2.24) is 10.1 Å². The number of aromatic carboxylic acids is 1. The van der Waals surface area contributed by atoms with Gasteiger partial charge in [-0.05, 0) is 74.1 Å². The molecule has 2 aromatic heterocycles. The van der Waals surface area contributed by atoms with Crippen LogP contribution < -0.4 is 9.47 Å². The van der Waals surface area contributed by atoms with E-state index in [1.807, 2.05) is 6.92 Å². The van der Waals surface area contributed by atoms with Crippen molar-refractivity contribution in [3.05, 3.63) is 81.2 Å². The van der Waals surface area contributed by atoms with Gasteiger partial charge >= 0.3 is 5.97 Å². The highest BCUT2D eigenvalue weighted by atomic mass is 35.5. The lowest BCUT2D eigenvalue weighted by Crippen LogP contribution is -2.03. The lowest BCUT2D eigenvalue weighted by molar-refractivity contribution is 0.0696. The molecule has 3 heterocycles. The van der Waals surface area contributed by atoms with Crippen molar-refractivity contribution in [3.8, 4) is 34.4 Å². The smallest absolute Gasteiger partial charge is 0.335 e. The summed E-state index contributed by atoms with van der Waals surface area (Å²) in [4.78, 5) is 16.0. The number of phenolic OH excluding ortho intramolecular Hbond substituents is 1. The highest BCUT2D eigenvalue weighted by Crippen LogP contribution is 2.46. The number of carboxylic acids is 1. The van der Waals surface area contributed by atoms with Gasteiger partial charge in [-0.25, -0.2) is 9.78 Å². The zero-order valence-electron chi connectivity index (χ0n) is 20.0. The number of nitrogens with zero attached hydrogens (tertiary/aromatic N) is 2. The Morgan fingerprint density at radius 2 is 1.97 bits per heavy atom. The molecule has 0 bridgehead atoms. The second-order valence-corrected chi connectivity index (χ2v) is 9.79. The van der Waals surface area contributed by atoms with Gasteiger partial charge in [-0.3, -0.25) is 0 Å². The minimum absolute atomic E-state index is 0.0905. The second kappa shape index (κ2) is 9.12. The molecule has 9 heteroatoms. The van der Waals surface area contributed by atoms with Crippen LogP contribution in [0.3, 0.4) is 0 Å². The van der Waals surface area contributed by atoms with Crippen molar-refractivity contribution in [3.63, 3.8) is 0 Å². The van der Waals surface area contributed by atoms with Crippen LogP contribution in [0, 0.1) is 6.92 Å². The average molecular weight is 519 g/mol. The molecule has 2 N–H and O–H groups in total. The maximum atomic E-state index is 11.4. The molecule has 37 heavy (non-hydrogen) atoms. The minimum atomic E-state index is -1.000. The van der Waals surface area contributed by atoms with Crippen LogP contribution in [0.5, 0.6) is 23.1 Å². The number of aryl methyl sites for hydroxylation is 3. The molecule has 0 atom stereocenters. The molecule has 4 aromatic rings. The molecule has 0 saturated heterocycles. The summed E-state index contributed by atoms with van der Waals surface area (Å²) in [6.45, 7) is 2.05. The van der Waals surface area contributed by atoms with Crippen LogP contribution >= 0.6 is 11.6 Å². The predicted octanol–water partition coefficient (Wildman–Crippen LogP) is 6.45. The number of pyridine rings is 1. The van der Waals surface area contributed by atoms with Crippen LogP contribution in [-0.2, 0) is 19.4 Å². The molecule has 2 aliphatic rings. The van der Waals surface area contributed by atoms with E-state index < -0.39 is 5.97 Å². The Morgan fingerprint density at radius 1 is 1.14 bits per heavy atom. The predicted molar refractivity (Wildman–Crippen MR) is 135 cm³/mol. The van der Waals surface area contributed by atoms with Crippen molar-refractivity contribution in [1.29, 1.82) is 0 Å². The van der Waals surface area contributed by atoms with E-state index in [0.29, 0.717) is 52.4 Å². The molecule has 1 aliphatic heterocycles. The molecular weight excluding hydrogens is 496 g/mol. The molecule has 188 valence electrons. The standard InChI is InChI=1S/C28H23ClN2O6/c1-14-10-18(32)12-20(29)25(14)26-19(27(37-31-26)16-3-4-16)13-35-24-9-8-22-21(30-24)7-6-15-2-5-17(28(33)34)11-23(15)36-22/h2,5,8-12,16,32H,3-4,6-7,13H2,1H3,(H,33,34). The SMILES string of the molecule is Cc1cc(O)cc(Cl)c1-c1noc(C2CC2)c1COc1ccc2c(n1)CCc1ccc(C(=O)O)cc1O2. The van der Waals surface area contributed by atoms with Crippen molar-refractivity contribution in [2.75, 3.05) is 0 Å². The lowest BCUT2D eigenvalue weighted by atomic mass is 10.00. The summed E-state index contributed by atoms with van der Waals surface area (Å²) >= 11 is 6.48. The van der Waals surface area contributed by atoms with Crippen molar-refractivity contribution < 1.29 is 29.0 Å². The number of rotatable bonds is 6. The number of hydrogen-bond donors (Lipinski definition) is 2. The Kier molecular flexibility index (Phi) is 5.76. The van der Waals surface area contributed by atoms with Crippen molar-refractivity contribution >= 4 is 17.6 Å². The van der Waals surface area contributed by atoms with E-state index in [0.717, 1.165) is 41.0 Å². The first-order chi connectivity index (χ1) is 17.9. The normalized spacial score (nSPS) is 14.3. The summed E-state index contributed by atoms with van der Waals surface area (Å²) in [5.74, 6) is 1.72. The maximum Gasteiger partial charge on any atom is 0.335 e. The third-order valence-electron chi connectivity index (χ3n) is 6.71. The van der Waals surface area contributed by atoms with E-state index in [-0.39, 0.29) is 17.9 Å². The Hall–Kier alpha value is -4.04. The zero-order valence-corrected chi connectivity index (χ0v) is 20.7. The topological polar surface area (TPSA) is 115 Å². The number of carboxylic acid groups (broad SMARTS) is 1. The van der Waals surface area contributed by atoms with Crippen LogP contribution in [0.4, 0.5) is 0 Å². The first-order valence-corrected chi connectivity index (χ1v) is 12.4. The van der Waals surface area contributed by atoms with Crippen molar-refractivity contribution in [2.45, 2.75) is 45.1 Å². The van der Waals surface area contributed by atoms with Crippen LogP contribution in [-0.4, -0.2) is 26.3 Å². The molecule has 2 aromatic carbocycles. The summed E-state index contributed by atoms with van der Waals surface area (Å²) in [6, 6.07) is 11.6. The van der Waals surface area contributed by atoms with Crippen molar-refractivity contribution in [2.24, 2.45) is 0 Å². The van der Waals surface area contributed by atoms with Gasteiger partial charge in [0.2, 0.25) is 5.88 Å². The van der Waals surface area contributed by atoms with Crippen LogP contribution in [0.25, 0.3) is 11.3 Å². The van der Waals surface area contributed by atoms with E-state index >= 15 is 0 Å². The molecule has 0 unspecified atom stereocenters. The van der Waals surface area contributed by atoms with E-state index in [1.54, 1.807) is 36.4 Å². The molecule has 0 spiro atoms. The molecule has 8 nitrogen and oxygen atoms in total. The largest absolute Gasteiger partial charge is 0.508 e. The summed E-state index contributed by atoms with van der Waals surface area (Å²) < 4.78 is 17.9. The number of benzene rings is 2. The van der Waals surface area contributed by atoms with E-state index in [2.05, 4.69) is 10.1 Å². The molecule has 1 aliphatic carbocycles. The van der Waals surface area contributed by atoms with E-state index in [4.69, 9.17) is 25.6 Å². The Morgan fingerprint density at radius 3 is 2.73 bits per heavy atom. The molecule has 1 saturated carbocycles. The monoisotopic (exact) mass is 518 g/mol. The number of aromatic hydroxyl groups is 1. The molecule has 0 amide bonds. The fraction of sp³-hybridized carbons (Fsp3) is 0.250. The van der Waals surface area contributed by atoms with Gasteiger partial charge in [0, 0.05) is 17.5 Å². The highest BCUT2D eigenvalue weighted by molar-refractivity contribution is 6.33. The number of aromatic nitrogens is 2. The quantitative estimate of drug-likeness (QED) is 0.299. The van der Waals surface area contributed by atoms with Gasteiger partial charge in [-0.1, -0.05) is 22.8 Å². The fourth-order valence-corrected chi connectivity index (χ4v) is 5.03. The second-order valence-electron chi connectivity index (χ2n) is 9.38. The zero-order chi connectivity index (χ0) is 25.7. The maximum absolute atomic E-state index is 11.4. The lowest BCUT2D eigenvalue weighted by Gasteiger charge is -2.12. The van der Waals surface area contributed by atoms with Gasteiger partial charge < -0.3 is 24.2 Å². The Bertz CT molecular complexity index is 1520. The number of ether oxygens (including phenoxy) is 2. The molecular formula is C28H23ClN2O6. The average Bonchev–Trinajstić information content (AvgIpc) is 3.65. The molecule has 1 fully saturated rings. The molecule has 6 rings (SSSR count). The summed E-state index contributed by atoms with van der Waals surface area (Å²) in [6.07, 6.45) is 3.35. The van der Waals surface area contributed by atoms with Gasteiger partial charge in [0.15, 0.2) is 0 Å². The number of phenols is 1. The van der Waals surface area contributed by atoms with E-state index in [1.165, 1.54) is 6.07 Å². The van der Waals surface area contributed by atoms with Gasteiger partial charge in [0.25, 0.3) is 0 Å². The highest BCUT2D eigenvalue weighted by Gasteiger charge is 2.33. The van der Waals surface area contributed by atoms with Gasteiger partial charge in [-0.2, -0.15) is 0 Å². The summed E-state index contributed by atoms with van der Waals surface area (Å²) in [7, 11) is 0. The van der Waals surface area contributed by atoms with Crippen LogP contribution in [0.15, 0.2) is 47.0 Å². The number of carbonyl (C=O) groups is 1. The number of hydrogen-bond acceptors (Lipinski definition) is 7. The number of fused-ring (bicyclic) bond motifs is 2. The summed E-state index contributed by atoms with van der Waals surface area (Å²) in [5.41, 5.74) is 4.75. The third-order valence-corrected chi connectivity index (χ3v) is 7.01. The van der Waals surface area contributed by atoms with Crippen LogP contribution in [0.2, 0.25) is 5.02 Å². The Balaban J connectivity index is 1.27. The van der Waals surface area contributed by atoms with Crippen LogP contribution in [0.1, 0.15) is 57.3 Å². The van der Waals surface area contributed by atoms with Gasteiger partial charge in [0.05, 0.1) is 21.8 Å². The minimum Gasteiger partial charge on any atom is -0.508 e. The first-order valence-electron chi connectivity index (χ1n) is 12.0. The molecule has 0 radical (unpaired) electrons. The Labute approximate surface area is 217 Å². The summed E-state index contributed by atoms with van der Waals surface area (Å²) in [5, 5.41) is 23.9. The first kappa shape index (κ1) is 23.4. The van der Waals surface area contributed by atoms with Gasteiger partial charge in [0.1, 0.15) is 35.3 Å². The number of halogens is 1. The van der Waals surface area contributed by atoms with Gasteiger partial charge in [-0.15, -0.1) is 0 Å². The van der Waals surface area contributed by atoms with E-state index in [9.17, 15) is 15.0 Å².